The Morgan fingerprint density at radius 2 is 1.88 bits per heavy atom. The Labute approximate surface area is 98.6 Å². The van der Waals surface area contributed by atoms with Crippen LogP contribution in [-0.2, 0) is 6.42 Å². The molecule has 0 bridgehead atoms. The minimum absolute atomic E-state index is 0.0596. The fourth-order valence-electron chi connectivity index (χ4n) is 1.62. The number of amidine groups is 1. The van der Waals surface area contributed by atoms with Crippen molar-refractivity contribution in [2.75, 3.05) is 0 Å². The van der Waals surface area contributed by atoms with Crippen LogP contribution in [0.4, 0.5) is 0 Å². The van der Waals surface area contributed by atoms with Crippen LogP contribution in [0.25, 0.3) is 0 Å². The van der Waals surface area contributed by atoms with E-state index >= 15 is 0 Å². The Bertz CT molecular complexity index is 339. The summed E-state index contributed by atoms with van der Waals surface area (Å²) >= 11 is 0. The summed E-state index contributed by atoms with van der Waals surface area (Å²) in [5.41, 5.74) is 7.08. The van der Waals surface area contributed by atoms with Gasteiger partial charge in [-0.25, -0.2) is 0 Å². The van der Waals surface area contributed by atoms with Crippen molar-refractivity contribution in [3.05, 3.63) is 35.9 Å². The summed E-state index contributed by atoms with van der Waals surface area (Å²) in [5, 5.41) is 0. The predicted molar refractivity (Wildman–Crippen MR) is 70.8 cm³/mol. The monoisotopic (exact) mass is 218 g/mol. The first-order valence-corrected chi connectivity index (χ1v) is 5.91. The largest absolute Gasteiger partial charge is 0.387 e. The number of benzene rings is 1. The minimum atomic E-state index is -0.0596. The third kappa shape index (κ3) is 4.47. The van der Waals surface area contributed by atoms with Crippen LogP contribution in [-0.4, -0.2) is 11.4 Å². The SMILES string of the molecule is CCC(N)=NC(C)(C)CCc1ccccc1. The van der Waals surface area contributed by atoms with Crippen molar-refractivity contribution in [1.29, 1.82) is 0 Å². The van der Waals surface area contributed by atoms with Gasteiger partial charge in [0, 0.05) is 6.42 Å². The van der Waals surface area contributed by atoms with Gasteiger partial charge in [0.25, 0.3) is 0 Å². The summed E-state index contributed by atoms with van der Waals surface area (Å²) in [6.07, 6.45) is 2.90. The minimum Gasteiger partial charge on any atom is -0.387 e. The second-order valence-corrected chi connectivity index (χ2v) is 4.75. The van der Waals surface area contributed by atoms with Gasteiger partial charge in [0.15, 0.2) is 0 Å². The van der Waals surface area contributed by atoms with E-state index in [1.54, 1.807) is 0 Å². The zero-order valence-electron chi connectivity index (χ0n) is 10.5. The summed E-state index contributed by atoms with van der Waals surface area (Å²) in [7, 11) is 0. The number of hydrogen-bond acceptors (Lipinski definition) is 1. The average Bonchev–Trinajstić information content (AvgIpc) is 2.27. The van der Waals surface area contributed by atoms with Gasteiger partial charge in [-0.15, -0.1) is 0 Å². The maximum absolute atomic E-state index is 5.78. The van der Waals surface area contributed by atoms with Gasteiger partial charge in [-0.05, 0) is 32.3 Å². The van der Waals surface area contributed by atoms with Gasteiger partial charge in [0.1, 0.15) is 0 Å². The van der Waals surface area contributed by atoms with E-state index in [1.165, 1.54) is 5.56 Å². The highest BCUT2D eigenvalue weighted by Gasteiger charge is 2.16. The summed E-state index contributed by atoms with van der Waals surface area (Å²) in [6.45, 7) is 6.31. The van der Waals surface area contributed by atoms with E-state index < -0.39 is 0 Å². The van der Waals surface area contributed by atoms with Crippen LogP contribution >= 0.6 is 0 Å². The van der Waals surface area contributed by atoms with Crippen molar-refractivity contribution in [3.63, 3.8) is 0 Å². The molecule has 0 aliphatic rings. The standard InChI is InChI=1S/C14H22N2/c1-4-13(15)16-14(2,3)11-10-12-8-6-5-7-9-12/h5-9H,4,10-11H2,1-3H3,(H2,15,16). The lowest BCUT2D eigenvalue weighted by Gasteiger charge is -2.20. The maximum atomic E-state index is 5.78. The number of aryl methyl sites for hydroxylation is 1. The molecule has 0 atom stereocenters. The molecule has 2 N–H and O–H groups in total. The van der Waals surface area contributed by atoms with Gasteiger partial charge in [-0.2, -0.15) is 0 Å². The molecule has 0 unspecified atom stereocenters. The van der Waals surface area contributed by atoms with Crippen LogP contribution in [0.3, 0.4) is 0 Å². The molecule has 1 rings (SSSR count). The van der Waals surface area contributed by atoms with Crippen LogP contribution in [0.2, 0.25) is 0 Å². The van der Waals surface area contributed by atoms with Gasteiger partial charge < -0.3 is 5.73 Å². The molecule has 0 saturated carbocycles. The van der Waals surface area contributed by atoms with E-state index in [0.29, 0.717) is 0 Å². The lowest BCUT2D eigenvalue weighted by molar-refractivity contribution is 0.479. The molecule has 0 radical (unpaired) electrons. The van der Waals surface area contributed by atoms with E-state index in [4.69, 9.17) is 5.73 Å². The van der Waals surface area contributed by atoms with Crippen molar-refractivity contribution in [1.82, 2.24) is 0 Å². The van der Waals surface area contributed by atoms with Crippen LogP contribution in [0.5, 0.6) is 0 Å². The van der Waals surface area contributed by atoms with Crippen molar-refractivity contribution in [3.8, 4) is 0 Å². The first kappa shape index (κ1) is 12.8. The van der Waals surface area contributed by atoms with Gasteiger partial charge in [-0.1, -0.05) is 37.3 Å². The molecule has 0 aliphatic heterocycles. The molecule has 88 valence electrons. The third-order valence-corrected chi connectivity index (χ3v) is 2.68. The van der Waals surface area contributed by atoms with Gasteiger partial charge in [0.2, 0.25) is 0 Å². The second-order valence-electron chi connectivity index (χ2n) is 4.75. The number of rotatable bonds is 5. The lowest BCUT2D eigenvalue weighted by atomic mass is 9.96. The summed E-state index contributed by atoms with van der Waals surface area (Å²) in [5.74, 6) is 0.748. The van der Waals surface area contributed by atoms with Crippen molar-refractivity contribution < 1.29 is 0 Å². The summed E-state index contributed by atoms with van der Waals surface area (Å²) in [6, 6.07) is 10.5. The Hall–Kier alpha value is -1.31. The van der Waals surface area contributed by atoms with E-state index in [-0.39, 0.29) is 5.54 Å². The molecule has 0 spiro atoms. The molecule has 16 heavy (non-hydrogen) atoms. The number of hydrogen-bond donors (Lipinski definition) is 1. The molecule has 1 aromatic rings. The number of nitrogens with zero attached hydrogens (tertiary/aromatic N) is 1. The number of nitrogens with two attached hydrogens (primary N) is 1. The first-order chi connectivity index (χ1) is 7.53. The molecule has 0 aromatic heterocycles. The van der Waals surface area contributed by atoms with Crippen LogP contribution < -0.4 is 5.73 Å². The zero-order valence-corrected chi connectivity index (χ0v) is 10.5. The Kier molecular flexibility index (Phi) is 4.53. The molecule has 2 nitrogen and oxygen atoms in total. The number of aliphatic imine (C=N–C) groups is 1. The molecular formula is C14H22N2. The highest BCUT2D eigenvalue weighted by Crippen LogP contribution is 2.18. The lowest BCUT2D eigenvalue weighted by Crippen LogP contribution is -2.23. The summed E-state index contributed by atoms with van der Waals surface area (Å²) < 4.78 is 0. The van der Waals surface area contributed by atoms with Crippen molar-refractivity contribution >= 4 is 5.84 Å². The van der Waals surface area contributed by atoms with E-state index in [2.05, 4.69) is 43.1 Å². The Morgan fingerprint density at radius 3 is 2.44 bits per heavy atom. The fraction of sp³-hybridized carbons (Fsp3) is 0.500. The molecule has 0 heterocycles. The predicted octanol–water partition coefficient (Wildman–Crippen LogP) is 3.17. The highest BCUT2D eigenvalue weighted by atomic mass is 14.9. The van der Waals surface area contributed by atoms with Crippen LogP contribution in [0, 0.1) is 0 Å². The zero-order chi connectivity index (χ0) is 12.0. The molecule has 2 heteroatoms. The van der Waals surface area contributed by atoms with Crippen LogP contribution in [0.15, 0.2) is 35.3 Å². The molecule has 1 aromatic carbocycles. The average molecular weight is 218 g/mol. The van der Waals surface area contributed by atoms with E-state index in [9.17, 15) is 0 Å². The highest BCUT2D eigenvalue weighted by molar-refractivity contribution is 5.80. The normalized spacial score (nSPS) is 12.8. The van der Waals surface area contributed by atoms with Gasteiger partial charge in [-0.3, -0.25) is 4.99 Å². The molecule has 0 fully saturated rings. The van der Waals surface area contributed by atoms with E-state index in [0.717, 1.165) is 25.1 Å². The molecule has 0 amide bonds. The fourth-order valence-corrected chi connectivity index (χ4v) is 1.62. The van der Waals surface area contributed by atoms with Crippen molar-refractivity contribution in [2.45, 2.75) is 45.6 Å². The maximum Gasteiger partial charge on any atom is 0.0940 e. The Morgan fingerprint density at radius 1 is 1.25 bits per heavy atom. The van der Waals surface area contributed by atoms with Gasteiger partial charge in [0.05, 0.1) is 11.4 Å². The smallest absolute Gasteiger partial charge is 0.0940 e. The second kappa shape index (κ2) is 5.69. The van der Waals surface area contributed by atoms with Crippen LogP contribution in [0.1, 0.15) is 39.2 Å². The van der Waals surface area contributed by atoms with E-state index in [1.807, 2.05) is 13.0 Å². The summed E-state index contributed by atoms with van der Waals surface area (Å²) in [4.78, 5) is 4.54. The molecule has 0 aliphatic carbocycles. The van der Waals surface area contributed by atoms with Gasteiger partial charge >= 0.3 is 0 Å². The molecule has 0 saturated heterocycles. The quantitative estimate of drug-likeness (QED) is 0.598. The topological polar surface area (TPSA) is 38.4 Å². The van der Waals surface area contributed by atoms with Crippen molar-refractivity contribution in [2.24, 2.45) is 10.7 Å². The first-order valence-electron chi connectivity index (χ1n) is 5.91. The third-order valence-electron chi connectivity index (χ3n) is 2.68. The Balaban J connectivity index is 2.54. The molecular weight excluding hydrogens is 196 g/mol.